The van der Waals surface area contributed by atoms with Crippen LogP contribution in [0.15, 0.2) is 48.5 Å². The highest BCUT2D eigenvalue weighted by atomic mass is 16.7. The summed E-state index contributed by atoms with van der Waals surface area (Å²) in [6.07, 6.45) is 2.19. The number of hydrogen-bond donors (Lipinski definition) is 0. The second-order valence-electron chi connectivity index (χ2n) is 8.66. The minimum absolute atomic E-state index is 0.0556. The minimum Gasteiger partial charge on any atom is -0.454 e. The van der Waals surface area contributed by atoms with Gasteiger partial charge >= 0.3 is 0 Å². The number of hydrogen-bond acceptors (Lipinski definition) is 5. The molecule has 6 nitrogen and oxygen atoms in total. The van der Waals surface area contributed by atoms with Crippen molar-refractivity contribution in [3.05, 3.63) is 59.7 Å². The maximum atomic E-state index is 12.6. The van der Waals surface area contributed by atoms with Crippen LogP contribution in [0, 0.1) is 11.8 Å². The number of piperazine rings is 1. The van der Waals surface area contributed by atoms with Crippen molar-refractivity contribution in [2.75, 3.05) is 46.1 Å². The van der Waals surface area contributed by atoms with E-state index in [0.717, 1.165) is 75.7 Å². The molecule has 0 aromatic heterocycles. The Bertz CT molecular complexity index is 1010. The van der Waals surface area contributed by atoms with Crippen LogP contribution in [0.2, 0.25) is 0 Å². The number of nitrogens with zero attached hydrogens (tertiary/aromatic N) is 3. The Kier molecular flexibility index (Phi) is 6.29. The van der Waals surface area contributed by atoms with E-state index in [-0.39, 0.29) is 5.91 Å². The third kappa shape index (κ3) is 4.90. The van der Waals surface area contributed by atoms with Gasteiger partial charge in [0, 0.05) is 63.3 Å². The average molecular weight is 432 g/mol. The smallest absolute Gasteiger partial charge is 0.298 e. The van der Waals surface area contributed by atoms with Crippen LogP contribution in [0.5, 0.6) is 11.5 Å². The molecule has 0 radical (unpaired) electrons. The summed E-state index contributed by atoms with van der Waals surface area (Å²) in [4.78, 5) is 19.6. The molecule has 2 aromatic carbocycles. The van der Waals surface area contributed by atoms with Crippen molar-refractivity contribution in [1.82, 2.24) is 14.7 Å². The molecule has 1 amide bonds. The summed E-state index contributed by atoms with van der Waals surface area (Å²) in [5, 5.41) is 0. The SMILES string of the molecule is O=C(C#Cc1ccccc1)N1CCC[C@@H](N2CCN(Cc3ccc4c(c3)OCO4)CC2)C1. The highest BCUT2D eigenvalue weighted by molar-refractivity contribution is 5.94. The van der Waals surface area contributed by atoms with Crippen LogP contribution in [-0.2, 0) is 11.3 Å². The molecule has 0 unspecified atom stereocenters. The summed E-state index contributed by atoms with van der Waals surface area (Å²) in [5.41, 5.74) is 2.14. The van der Waals surface area contributed by atoms with Crippen molar-refractivity contribution in [3.63, 3.8) is 0 Å². The van der Waals surface area contributed by atoms with Crippen molar-refractivity contribution in [3.8, 4) is 23.3 Å². The summed E-state index contributed by atoms with van der Waals surface area (Å²) >= 11 is 0. The number of carbonyl (C=O) groups is 1. The standard InChI is InChI=1S/C26H29N3O3/c30-26(11-9-21-5-2-1-3-6-21)29-12-4-7-23(19-29)28-15-13-27(14-16-28)18-22-8-10-24-25(17-22)32-20-31-24/h1-3,5-6,8,10,17,23H,4,7,12-16,18-20H2/t23-/m1/s1. The largest absolute Gasteiger partial charge is 0.454 e. The van der Waals surface area contributed by atoms with E-state index in [9.17, 15) is 4.79 Å². The molecule has 0 aliphatic carbocycles. The topological polar surface area (TPSA) is 45.3 Å². The van der Waals surface area contributed by atoms with Crippen molar-refractivity contribution in [1.29, 1.82) is 0 Å². The minimum atomic E-state index is -0.0556. The molecule has 0 bridgehead atoms. The third-order valence-corrected chi connectivity index (χ3v) is 6.54. The van der Waals surface area contributed by atoms with Crippen LogP contribution in [-0.4, -0.2) is 72.7 Å². The Morgan fingerprint density at radius 2 is 1.78 bits per heavy atom. The van der Waals surface area contributed by atoms with E-state index in [1.807, 2.05) is 41.3 Å². The Hall–Kier alpha value is -3.01. The molecule has 166 valence electrons. The molecule has 3 heterocycles. The first-order valence-electron chi connectivity index (χ1n) is 11.5. The number of rotatable bonds is 3. The van der Waals surface area contributed by atoms with E-state index in [2.05, 4.69) is 33.8 Å². The lowest BCUT2D eigenvalue weighted by molar-refractivity contribution is -0.127. The first-order valence-corrected chi connectivity index (χ1v) is 11.5. The van der Waals surface area contributed by atoms with E-state index in [4.69, 9.17) is 9.47 Å². The van der Waals surface area contributed by atoms with Gasteiger partial charge < -0.3 is 14.4 Å². The summed E-state index contributed by atoms with van der Waals surface area (Å²) in [6, 6.07) is 16.4. The predicted molar refractivity (Wildman–Crippen MR) is 122 cm³/mol. The van der Waals surface area contributed by atoms with Crippen LogP contribution < -0.4 is 9.47 Å². The lowest BCUT2D eigenvalue weighted by Gasteiger charge is -2.43. The quantitative estimate of drug-likeness (QED) is 0.699. The van der Waals surface area contributed by atoms with Gasteiger partial charge in [-0.1, -0.05) is 30.2 Å². The molecule has 5 rings (SSSR count). The van der Waals surface area contributed by atoms with Gasteiger partial charge in [0.05, 0.1) is 0 Å². The molecular formula is C26H29N3O3. The number of likely N-dealkylation sites (tertiary alicyclic amines) is 1. The van der Waals surface area contributed by atoms with Crippen molar-refractivity contribution in [2.24, 2.45) is 0 Å². The zero-order valence-electron chi connectivity index (χ0n) is 18.3. The second kappa shape index (κ2) is 9.64. The van der Waals surface area contributed by atoms with Crippen LogP contribution in [0.25, 0.3) is 0 Å². The van der Waals surface area contributed by atoms with Gasteiger partial charge in [0.2, 0.25) is 6.79 Å². The summed E-state index contributed by atoms with van der Waals surface area (Å²) in [5.74, 6) is 7.47. The molecule has 3 aliphatic heterocycles. The van der Waals surface area contributed by atoms with Gasteiger partial charge in [0.1, 0.15) is 0 Å². The maximum absolute atomic E-state index is 12.6. The van der Waals surface area contributed by atoms with E-state index in [1.165, 1.54) is 5.56 Å². The molecule has 3 aliphatic rings. The highest BCUT2D eigenvalue weighted by Crippen LogP contribution is 2.33. The Balaban J connectivity index is 1.12. The molecule has 0 saturated carbocycles. The number of carbonyl (C=O) groups excluding carboxylic acids is 1. The van der Waals surface area contributed by atoms with Gasteiger partial charge in [-0.05, 0) is 42.7 Å². The van der Waals surface area contributed by atoms with E-state index in [1.54, 1.807) is 0 Å². The predicted octanol–water partition coefficient (Wildman–Crippen LogP) is 2.58. The maximum Gasteiger partial charge on any atom is 0.298 e. The molecule has 32 heavy (non-hydrogen) atoms. The second-order valence-corrected chi connectivity index (χ2v) is 8.66. The van der Waals surface area contributed by atoms with E-state index in [0.29, 0.717) is 12.8 Å². The Morgan fingerprint density at radius 1 is 0.969 bits per heavy atom. The number of ether oxygens (including phenoxy) is 2. The number of benzene rings is 2. The molecule has 0 spiro atoms. The first kappa shape index (κ1) is 20.9. The molecule has 2 aromatic rings. The van der Waals surface area contributed by atoms with Gasteiger partial charge in [-0.25, -0.2) is 0 Å². The lowest BCUT2D eigenvalue weighted by Crippen LogP contribution is -2.55. The molecular weight excluding hydrogens is 402 g/mol. The van der Waals surface area contributed by atoms with Gasteiger partial charge in [-0.3, -0.25) is 14.6 Å². The Labute approximate surface area is 189 Å². The number of fused-ring (bicyclic) bond motifs is 1. The normalized spacial score (nSPS) is 21.1. The molecule has 2 fully saturated rings. The van der Waals surface area contributed by atoms with Gasteiger partial charge in [0.15, 0.2) is 11.5 Å². The van der Waals surface area contributed by atoms with Crippen LogP contribution in [0.3, 0.4) is 0 Å². The highest BCUT2D eigenvalue weighted by Gasteiger charge is 2.29. The lowest BCUT2D eigenvalue weighted by atomic mass is 10.0. The average Bonchev–Trinajstić information content (AvgIpc) is 3.32. The van der Waals surface area contributed by atoms with Crippen molar-refractivity contribution < 1.29 is 14.3 Å². The van der Waals surface area contributed by atoms with Crippen LogP contribution in [0.1, 0.15) is 24.0 Å². The van der Waals surface area contributed by atoms with Crippen LogP contribution >= 0.6 is 0 Å². The molecule has 1 atom stereocenters. The van der Waals surface area contributed by atoms with Crippen molar-refractivity contribution >= 4 is 5.91 Å². The zero-order valence-corrected chi connectivity index (χ0v) is 18.3. The summed E-state index contributed by atoms with van der Waals surface area (Å²) < 4.78 is 10.9. The van der Waals surface area contributed by atoms with E-state index < -0.39 is 0 Å². The number of amides is 1. The molecule has 2 saturated heterocycles. The molecule has 6 heteroatoms. The van der Waals surface area contributed by atoms with Crippen molar-refractivity contribution in [2.45, 2.75) is 25.4 Å². The zero-order chi connectivity index (χ0) is 21.8. The Morgan fingerprint density at radius 3 is 2.62 bits per heavy atom. The van der Waals surface area contributed by atoms with Crippen LogP contribution in [0.4, 0.5) is 0 Å². The summed E-state index contributed by atoms with van der Waals surface area (Å²) in [7, 11) is 0. The number of piperidine rings is 1. The fraction of sp³-hybridized carbons (Fsp3) is 0.423. The molecule has 0 N–H and O–H groups in total. The fourth-order valence-electron chi connectivity index (χ4n) is 4.75. The van der Waals surface area contributed by atoms with Gasteiger partial charge in [-0.2, -0.15) is 0 Å². The third-order valence-electron chi connectivity index (χ3n) is 6.54. The van der Waals surface area contributed by atoms with Gasteiger partial charge in [0.25, 0.3) is 5.91 Å². The summed E-state index contributed by atoms with van der Waals surface area (Å²) in [6.45, 7) is 6.97. The first-order chi connectivity index (χ1) is 15.7. The fourth-order valence-corrected chi connectivity index (χ4v) is 4.75. The monoisotopic (exact) mass is 431 g/mol. The van der Waals surface area contributed by atoms with E-state index >= 15 is 0 Å². The van der Waals surface area contributed by atoms with Gasteiger partial charge in [-0.15, -0.1) is 0 Å².